The summed E-state index contributed by atoms with van der Waals surface area (Å²) in [5.41, 5.74) is 1.22. The summed E-state index contributed by atoms with van der Waals surface area (Å²) in [5, 5.41) is 85.6. The molecule has 7 rings (SSSR count). The fraction of sp³-hybridized carbons (Fsp3) is 0.952. The average molecular weight is 767 g/mol. The lowest BCUT2D eigenvalue weighted by Crippen LogP contribution is -2.69. The standard InChI is InChI=1S/C42H70O12/c1-20(2)21-11-13-39(5)15-16-41(7)22(28(21)39)9-10-27-40(6)17-23(45)35(38(3,4)26(40)12-14-42(27,41)8)54-37-34(32(49)30(47)25(19-44)52-37)53-36-33(50)31(48)29(46)24(18-43)51-36/h21-37,43-50H,1,9-19H2,2-8H3/t21-,22+,23+,24+,25+,26+,27+,28+,29+,30+,31-,32-,33+,34+,35-,36-,37-,39+,40-,41+,42+/m0/s1. The van der Waals surface area contributed by atoms with Crippen molar-refractivity contribution < 1.29 is 59.8 Å². The number of ether oxygens (including phenoxy) is 4. The third-order valence-electron chi connectivity index (χ3n) is 17.6. The molecule has 0 unspecified atom stereocenters. The lowest BCUT2D eigenvalue weighted by molar-refractivity contribution is -0.383. The SMILES string of the molecule is C=C(C)[C@@H]1CC[C@]2(C)CC[C@]3(C)[C@H](CC[C@@H]4[C@@]5(C)C[C@@H](O)[C@H](O[C@@H]6O[C@H](CO)[C@@H](O)[C@H](O)[C@H]6O[C@@H]6O[C@H](CO)[C@@H](O)[C@H](O)[C@H]6O)C(C)(C)[C@H]5CC[C@]43C)[C@@H]12. The number of hydrogen-bond donors (Lipinski definition) is 8. The van der Waals surface area contributed by atoms with Gasteiger partial charge in [0.2, 0.25) is 0 Å². The quantitative estimate of drug-likeness (QED) is 0.140. The van der Waals surface area contributed by atoms with E-state index in [1.807, 2.05) is 0 Å². The van der Waals surface area contributed by atoms with Crippen molar-refractivity contribution in [3.63, 3.8) is 0 Å². The normalized spacial score (nSPS) is 57.0. The van der Waals surface area contributed by atoms with Crippen LogP contribution >= 0.6 is 0 Å². The van der Waals surface area contributed by atoms with Gasteiger partial charge in [-0.15, -0.1) is 0 Å². The average Bonchev–Trinajstić information content (AvgIpc) is 3.47. The Morgan fingerprint density at radius 3 is 1.93 bits per heavy atom. The van der Waals surface area contributed by atoms with Crippen LogP contribution in [0, 0.1) is 56.7 Å². The molecule has 2 heterocycles. The van der Waals surface area contributed by atoms with Gasteiger partial charge in [-0.2, -0.15) is 0 Å². The molecule has 0 aromatic heterocycles. The van der Waals surface area contributed by atoms with Crippen molar-refractivity contribution in [2.75, 3.05) is 13.2 Å². The van der Waals surface area contributed by atoms with Gasteiger partial charge in [-0.05, 0) is 121 Å². The molecule has 7 aliphatic rings. The first-order valence-corrected chi connectivity index (χ1v) is 20.8. The van der Waals surface area contributed by atoms with Crippen molar-refractivity contribution in [1.82, 2.24) is 0 Å². The van der Waals surface area contributed by atoms with Crippen LogP contribution in [0.5, 0.6) is 0 Å². The van der Waals surface area contributed by atoms with Gasteiger partial charge in [0.05, 0.1) is 25.4 Å². The maximum absolute atomic E-state index is 12.2. The van der Waals surface area contributed by atoms with Crippen LogP contribution in [0.25, 0.3) is 0 Å². The summed E-state index contributed by atoms with van der Waals surface area (Å²) in [6.07, 6.45) is -7.27. The molecule has 0 amide bonds. The molecule has 12 heteroatoms. The topological polar surface area (TPSA) is 199 Å². The van der Waals surface area contributed by atoms with Crippen LogP contribution in [-0.4, -0.2) is 128 Å². The van der Waals surface area contributed by atoms with Gasteiger partial charge in [-0.3, -0.25) is 0 Å². The van der Waals surface area contributed by atoms with Crippen molar-refractivity contribution in [3.05, 3.63) is 12.2 Å². The highest BCUT2D eigenvalue weighted by atomic mass is 16.8. The van der Waals surface area contributed by atoms with Crippen LogP contribution in [0.4, 0.5) is 0 Å². The van der Waals surface area contributed by atoms with E-state index in [1.165, 1.54) is 37.7 Å². The van der Waals surface area contributed by atoms with E-state index in [4.69, 9.17) is 18.9 Å². The highest BCUT2D eigenvalue weighted by molar-refractivity contribution is 5.21. The van der Waals surface area contributed by atoms with Gasteiger partial charge < -0.3 is 59.8 Å². The summed E-state index contributed by atoms with van der Waals surface area (Å²) in [7, 11) is 0. The molecule has 0 aromatic carbocycles. The Balaban J connectivity index is 1.15. The summed E-state index contributed by atoms with van der Waals surface area (Å²) in [6.45, 7) is 19.8. The van der Waals surface area contributed by atoms with Gasteiger partial charge in [0.15, 0.2) is 12.6 Å². The highest BCUT2D eigenvalue weighted by Crippen LogP contribution is 2.77. The molecule has 7 fully saturated rings. The van der Waals surface area contributed by atoms with Crippen LogP contribution < -0.4 is 0 Å². The van der Waals surface area contributed by atoms with E-state index in [0.29, 0.717) is 35.5 Å². The molecule has 0 aromatic rings. The molecule has 5 saturated carbocycles. The predicted octanol–water partition coefficient (Wildman–Crippen LogP) is 2.64. The van der Waals surface area contributed by atoms with Gasteiger partial charge in [0, 0.05) is 0 Å². The number of aliphatic hydroxyl groups excluding tert-OH is 8. The predicted molar refractivity (Wildman–Crippen MR) is 197 cm³/mol. The Bertz CT molecular complexity index is 1390. The lowest BCUT2D eigenvalue weighted by atomic mass is 9.32. The second-order valence-electron chi connectivity index (χ2n) is 20.5. The first-order valence-electron chi connectivity index (χ1n) is 20.8. The molecule has 0 radical (unpaired) electrons. The summed E-state index contributed by atoms with van der Waals surface area (Å²) < 4.78 is 24.2. The minimum atomic E-state index is -1.77. The van der Waals surface area contributed by atoms with Gasteiger partial charge >= 0.3 is 0 Å². The molecule has 5 aliphatic carbocycles. The number of rotatable bonds is 7. The molecule has 0 bridgehead atoms. The maximum Gasteiger partial charge on any atom is 0.187 e. The van der Waals surface area contributed by atoms with E-state index in [2.05, 4.69) is 55.0 Å². The molecule has 0 spiro atoms. The van der Waals surface area contributed by atoms with Gasteiger partial charge in [-0.1, -0.05) is 53.7 Å². The van der Waals surface area contributed by atoms with E-state index in [1.54, 1.807) is 0 Å². The third-order valence-corrected chi connectivity index (χ3v) is 17.6. The summed E-state index contributed by atoms with van der Waals surface area (Å²) in [4.78, 5) is 0. The van der Waals surface area contributed by atoms with Crippen LogP contribution in [0.2, 0.25) is 0 Å². The molecular weight excluding hydrogens is 696 g/mol. The highest BCUT2D eigenvalue weighted by Gasteiger charge is 2.71. The molecule has 8 N–H and O–H groups in total. The Hall–Kier alpha value is -0.740. The molecule has 12 nitrogen and oxygen atoms in total. The second-order valence-corrected chi connectivity index (χ2v) is 20.5. The zero-order valence-corrected chi connectivity index (χ0v) is 33.5. The molecule has 54 heavy (non-hydrogen) atoms. The first kappa shape index (κ1) is 41.4. The van der Waals surface area contributed by atoms with Crippen LogP contribution in [0.1, 0.15) is 106 Å². The van der Waals surface area contributed by atoms with Crippen molar-refractivity contribution in [3.8, 4) is 0 Å². The van der Waals surface area contributed by atoms with Crippen LogP contribution in [0.3, 0.4) is 0 Å². The zero-order chi connectivity index (χ0) is 39.5. The van der Waals surface area contributed by atoms with Crippen molar-refractivity contribution in [2.24, 2.45) is 56.7 Å². The largest absolute Gasteiger partial charge is 0.394 e. The Morgan fingerprint density at radius 2 is 1.30 bits per heavy atom. The van der Waals surface area contributed by atoms with E-state index in [-0.39, 0.29) is 22.2 Å². The molecule has 21 atom stereocenters. The first-order chi connectivity index (χ1) is 25.2. The molecule has 2 saturated heterocycles. The summed E-state index contributed by atoms with van der Waals surface area (Å²) in [6, 6.07) is 0. The molecule has 310 valence electrons. The second kappa shape index (κ2) is 14.2. The van der Waals surface area contributed by atoms with E-state index in [0.717, 1.165) is 19.3 Å². The maximum atomic E-state index is 12.2. The smallest absolute Gasteiger partial charge is 0.187 e. The molecule has 2 aliphatic heterocycles. The number of fused-ring (bicyclic) bond motifs is 7. The number of hydrogen-bond acceptors (Lipinski definition) is 12. The zero-order valence-electron chi connectivity index (χ0n) is 33.5. The fourth-order valence-electron chi connectivity index (χ4n) is 14.7. The van der Waals surface area contributed by atoms with Crippen molar-refractivity contribution in [1.29, 1.82) is 0 Å². The minimum Gasteiger partial charge on any atom is -0.394 e. The Kier molecular flexibility index (Phi) is 10.9. The van der Waals surface area contributed by atoms with Crippen LogP contribution in [0.15, 0.2) is 12.2 Å². The van der Waals surface area contributed by atoms with E-state index < -0.39 is 92.2 Å². The van der Waals surface area contributed by atoms with Crippen molar-refractivity contribution in [2.45, 2.75) is 180 Å². The third kappa shape index (κ3) is 5.97. The summed E-state index contributed by atoms with van der Waals surface area (Å²) in [5.74, 6) is 2.47. The molecular formula is C42H70O12. The minimum absolute atomic E-state index is 0.0968. The van der Waals surface area contributed by atoms with E-state index in [9.17, 15) is 40.9 Å². The van der Waals surface area contributed by atoms with Crippen molar-refractivity contribution >= 4 is 0 Å². The van der Waals surface area contributed by atoms with Gasteiger partial charge in [0.1, 0.15) is 48.8 Å². The number of allylic oxidation sites excluding steroid dienone is 1. The van der Waals surface area contributed by atoms with Crippen LogP contribution in [-0.2, 0) is 18.9 Å². The lowest BCUT2D eigenvalue weighted by Gasteiger charge is -2.73. The summed E-state index contributed by atoms with van der Waals surface area (Å²) >= 11 is 0. The van der Waals surface area contributed by atoms with E-state index >= 15 is 0 Å². The fourth-order valence-corrected chi connectivity index (χ4v) is 14.7. The Labute approximate surface area is 321 Å². The number of aliphatic hydroxyl groups is 8. The monoisotopic (exact) mass is 766 g/mol. The van der Waals surface area contributed by atoms with Gasteiger partial charge in [0.25, 0.3) is 0 Å². The Morgan fingerprint density at radius 1 is 0.667 bits per heavy atom. The van der Waals surface area contributed by atoms with Gasteiger partial charge in [-0.25, -0.2) is 0 Å².